The number of imide groups is 1. The zero-order valence-electron chi connectivity index (χ0n) is 13.4. The van der Waals surface area contributed by atoms with Crippen LogP contribution in [-0.4, -0.2) is 72.3 Å². The summed E-state index contributed by atoms with van der Waals surface area (Å²) >= 11 is 0. The second kappa shape index (κ2) is 7.06. The standard InChI is InChI=1S/C18H23N3O2/c1-2-8-19-11-13-20(14-12-19)9-5-10-21-17(22)15-6-3-4-7-16(15)18(21)23/h2-4,6-7H,1,5,8-14H2. The highest BCUT2D eigenvalue weighted by Crippen LogP contribution is 2.22. The molecule has 1 aromatic rings. The van der Waals surface area contributed by atoms with Gasteiger partial charge in [0.2, 0.25) is 0 Å². The molecule has 23 heavy (non-hydrogen) atoms. The van der Waals surface area contributed by atoms with E-state index in [2.05, 4.69) is 16.4 Å². The Kier molecular flexibility index (Phi) is 4.88. The average Bonchev–Trinajstić information content (AvgIpc) is 2.82. The quantitative estimate of drug-likeness (QED) is 0.589. The van der Waals surface area contributed by atoms with Crippen molar-refractivity contribution in [2.75, 3.05) is 45.8 Å². The zero-order valence-corrected chi connectivity index (χ0v) is 13.4. The van der Waals surface area contributed by atoms with Crippen LogP contribution in [-0.2, 0) is 0 Å². The van der Waals surface area contributed by atoms with Crippen molar-refractivity contribution < 1.29 is 9.59 Å². The van der Waals surface area contributed by atoms with Gasteiger partial charge in [0.15, 0.2) is 0 Å². The average molecular weight is 313 g/mol. The summed E-state index contributed by atoms with van der Waals surface area (Å²) in [6.07, 6.45) is 2.77. The molecule has 0 aromatic heterocycles. The zero-order chi connectivity index (χ0) is 16.2. The van der Waals surface area contributed by atoms with Crippen LogP contribution in [0.5, 0.6) is 0 Å². The van der Waals surface area contributed by atoms with Crippen LogP contribution in [0.25, 0.3) is 0 Å². The summed E-state index contributed by atoms with van der Waals surface area (Å²) in [6, 6.07) is 7.06. The van der Waals surface area contributed by atoms with Gasteiger partial charge >= 0.3 is 0 Å². The van der Waals surface area contributed by atoms with E-state index in [0.29, 0.717) is 17.7 Å². The van der Waals surface area contributed by atoms with Crippen LogP contribution in [0.2, 0.25) is 0 Å². The van der Waals surface area contributed by atoms with Crippen molar-refractivity contribution in [1.29, 1.82) is 0 Å². The predicted molar refractivity (Wildman–Crippen MR) is 89.5 cm³/mol. The molecule has 1 saturated heterocycles. The molecular formula is C18H23N3O2. The molecule has 0 aliphatic carbocycles. The SMILES string of the molecule is C=CCN1CCN(CCCN2C(=O)c3ccccc3C2=O)CC1. The Balaban J connectivity index is 1.46. The number of hydrogen-bond acceptors (Lipinski definition) is 4. The Morgan fingerprint density at radius 1 is 0.913 bits per heavy atom. The van der Waals surface area contributed by atoms with Crippen molar-refractivity contribution in [3.05, 3.63) is 48.0 Å². The Hall–Kier alpha value is -1.98. The molecule has 122 valence electrons. The molecule has 2 aliphatic heterocycles. The number of hydrogen-bond donors (Lipinski definition) is 0. The first kappa shape index (κ1) is 15.9. The van der Waals surface area contributed by atoms with Crippen LogP contribution in [0.15, 0.2) is 36.9 Å². The maximum atomic E-state index is 12.3. The molecule has 0 spiro atoms. The molecule has 0 atom stereocenters. The van der Waals surface area contributed by atoms with Gasteiger partial charge in [0.05, 0.1) is 11.1 Å². The van der Waals surface area contributed by atoms with Crippen molar-refractivity contribution in [1.82, 2.24) is 14.7 Å². The molecule has 0 saturated carbocycles. The summed E-state index contributed by atoms with van der Waals surface area (Å²) in [5.74, 6) is -0.303. The molecule has 0 N–H and O–H groups in total. The Morgan fingerprint density at radius 2 is 1.48 bits per heavy atom. The third-order valence-electron chi connectivity index (χ3n) is 4.59. The topological polar surface area (TPSA) is 43.9 Å². The minimum Gasteiger partial charge on any atom is -0.301 e. The summed E-state index contributed by atoms with van der Waals surface area (Å²) in [4.78, 5) is 30.7. The summed E-state index contributed by atoms with van der Waals surface area (Å²) in [7, 11) is 0. The molecule has 3 rings (SSSR count). The van der Waals surface area contributed by atoms with E-state index in [0.717, 1.165) is 45.7 Å². The van der Waals surface area contributed by atoms with Crippen LogP contribution >= 0.6 is 0 Å². The van der Waals surface area contributed by atoms with Crippen molar-refractivity contribution in [2.24, 2.45) is 0 Å². The van der Waals surface area contributed by atoms with Gasteiger partial charge in [-0.3, -0.25) is 19.4 Å². The normalized spacial score (nSPS) is 19.2. The van der Waals surface area contributed by atoms with E-state index in [1.807, 2.05) is 6.08 Å². The molecule has 2 aliphatic rings. The third-order valence-corrected chi connectivity index (χ3v) is 4.59. The van der Waals surface area contributed by atoms with E-state index in [1.54, 1.807) is 24.3 Å². The van der Waals surface area contributed by atoms with E-state index in [-0.39, 0.29) is 11.8 Å². The van der Waals surface area contributed by atoms with Crippen molar-refractivity contribution >= 4 is 11.8 Å². The highest BCUT2D eigenvalue weighted by atomic mass is 16.2. The van der Waals surface area contributed by atoms with E-state index >= 15 is 0 Å². The Bertz CT molecular complexity index is 571. The van der Waals surface area contributed by atoms with Gasteiger partial charge in [-0.1, -0.05) is 18.2 Å². The number of benzene rings is 1. The van der Waals surface area contributed by atoms with Crippen LogP contribution in [0.3, 0.4) is 0 Å². The lowest BCUT2D eigenvalue weighted by Gasteiger charge is -2.34. The summed E-state index contributed by atoms with van der Waals surface area (Å²) in [5.41, 5.74) is 1.08. The fourth-order valence-corrected chi connectivity index (χ4v) is 3.27. The number of nitrogens with zero attached hydrogens (tertiary/aromatic N) is 3. The minimum absolute atomic E-state index is 0.151. The first-order chi connectivity index (χ1) is 11.2. The molecule has 1 aromatic carbocycles. The molecule has 2 heterocycles. The summed E-state index contributed by atoms with van der Waals surface area (Å²) < 4.78 is 0. The van der Waals surface area contributed by atoms with Crippen molar-refractivity contribution in [3.63, 3.8) is 0 Å². The fourth-order valence-electron chi connectivity index (χ4n) is 3.27. The number of amides is 2. The first-order valence-corrected chi connectivity index (χ1v) is 8.21. The molecule has 0 bridgehead atoms. The minimum atomic E-state index is -0.151. The van der Waals surface area contributed by atoms with Gasteiger partial charge in [-0.15, -0.1) is 6.58 Å². The van der Waals surface area contributed by atoms with Crippen LogP contribution in [0.4, 0.5) is 0 Å². The molecule has 1 fully saturated rings. The number of carbonyl (C=O) groups is 2. The van der Waals surface area contributed by atoms with E-state index in [1.165, 1.54) is 4.90 Å². The predicted octanol–water partition coefficient (Wildman–Crippen LogP) is 1.48. The van der Waals surface area contributed by atoms with Crippen LogP contribution in [0.1, 0.15) is 27.1 Å². The number of rotatable bonds is 6. The fraction of sp³-hybridized carbons (Fsp3) is 0.444. The number of piperazine rings is 1. The number of carbonyl (C=O) groups excluding carboxylic acids is 2. The summed E-state index contributed by atoms with van der Waals surface area (Å²) in [5, 5.41) is 0. The Labute approximate surface area is 137 Å². The summed E-state index contributed by atoms with van der Waals surface area (Å²) in [6.45, 7) is 10.3. The monoisotopic (exact) mass is 313 g/mol. The van der Waals surface area contributed by atoms with Crippen molar-refractivity contribution in [2.45, 2.75) is 6.42 Å². The van der Waals surface area contributed by atoms with Gasteiger partial charge in [-0.2, -0.15) is 0 Å². The maximum Gasteiger partial charge on any atom is 0.261 e. The second-order valence-corrected chi connectivity index (χ2v) is 6.09. The molecule has 5 heteroatoms. The van der Waals surface area contributed by atoms with E-state index in [4.69, 9.17) is 0 Å². The van der Waals surface area contributed by atoms with Crippen molar-refractivity contribution in [3.8, 4) is 0 Å². The lowest BCUT2D eigenvalue weighted by Crippen LogP contribution is -2.47. The van der Waals surface area contributed by atoms with Gasteiger partial charge in [-0.05, 0) is 25.1 Å². The van der Waals surface area contributed by atoms with Gasteiger partial charge in [0.25, 0.3) is 11.8 Å². The van der Waals surface area contributed by atoms with E-state index < -0.39 is 0 Å². The van der Waals surface area contributed by atoms with Crippen LogP contribution in [0, 0.1) is 0 Å². The van der Waals surface area contributed by atoms with E-state index in [9.17, 15) is 9.59 Å². The maximum absolute atomic E-state index is 12.3. The highest BCUT2D eigenvalue weighted by molar-refractivity contribution is 6.21. The Morgan fingerprint density at radius 3 is 2.04 bits per heavy atom. The molecule has 0 unspecified atom stereocenters. The van der Waals surface area contributed by atoms with Gasteiger partial charge < -0.3 is 4.90 Å². The van der Waals surface area contributed by atoms with Gasteiger partial charge in [0, 0.05) is 39.3 Å². The largest absolute Gasteiger partial charge is 0.301 e. The van der Waals surface area contributed by atoms with Gasteiger partial charge in [0.1, 0.15) is 0 Å². The smallest absolute Gasteiger partial charge is 0.261 e. The molecule has 2 amide bonds. The van der Waals surface area contributed by atoms with Crippen LogP contribution < -0.4 is 0 Å². The van der Waals surface area contributed by atoms with Gasteiger partial charge in [-0.25, -0.2) is 0 Å². The first-order valence-electron chi connectivity index (χ1n) is 8.21. The molecule has 0 radical (unpaired) electrons. The highest BCUT2D eigenvalue weighted by Gasteiger charge is 2.34. The third kappa shape index (κ3) is 3.35. The lowest BCUT2D eigenvalue weighted by atomic mass is 10.1. The second-order valence-electron chi connectivity index (χ2n) is 6.09. The molecular weight excluding hydrogens is 290 g/mol. The lowest BCUT2D eigenvalue weighted by molar-refractivity contribution is 0.0642. The number of fused-ring (bicyclic) bond motifs is 1. The molecule has 5 nitrogen and oxygen atoms in total.